The predicted octanol–water partition coefficient (Wildman–Crippen LogP) is 14.0. The van der Waals surface area contributed by atoms with Gasteiger partial charge in [-0.25, -0.2) is 0 Å². The van der Waals surface area contributed by atoms with E-state index in [4.69, 9.17) is 9.15 Å². The van der Waals surface area contributed by atoms with Crippen LogP contribution in [0.25, 0.3) is 82.4 Å². The molecule has 0 amide bonds. The van der Waals surface area contributed by atoms with E-state index in [2.05, 4.69) is 178 Å². The van der Waals surface area contributed by atoms with Crippen LogP contribution in [0.15, 0.2) is 174 Å². The molecule has 2 aliphatic carbocycles. The molecule has 0 bridgehead atoms. The molecule has 9 aromatic rings. The molecule has 0 fully saturated rings. The molecular weight excluding hydrogens is 669 g/mol. The first-order valence-corrected chi connectivity index (χ1v) is 19.3. The van der Waals surface area contributed by atoms with Crippen molar-refractivity contribution in [2.45, 2.75) is 31.3 Å². The number of fused-ring (bicyclic) bond motifs is 12. The number of hydrogen-bond acceptors (Lipinski definition) is 2. The van der Waals surface area contributed by atoms with E-state index in [1.165, 1.54) is 77.2 Å². The Bertz CT molecular complexity index is 3100. The van der Waals surface area contributed by atoms with Crippen molar-refractivity contribution in [2.75, 3.05) is 0 Å². The molecule has 2 unspecified atom stereocenters. The van der Waals surface area contributed by atoms with Crippen LogP contribution < -0.4 is 4.74 Å². The number of allylic oxidation sites excluding steroid dienone is 2. The molecule has 0 spiro atoms. The lowest BCUT2D eigenvalue weighted by molar-refractivity contribution is 0.278. The van der Waals surface area contributed by atoms with Gasteiger partial charge in [0.2, 0.25) is 0 Å². The number of benzene rings is 8. The molecule has 0 saturated carbocycles. The standard InChI is InChI=1S/C53H36O2/c1-53(2)44-27-24-32(34-20-12-21-42-50-47(55-51(34)42)28-26-41-36-15-10-11-22-46(36)54-52(41)50)29-43(44)35-25-23-33(30-45(35)53)49-39-18-8-6-16-37(39)48(31-13-4-3-5-14-31)38-17-7-9-19-40(38)49/h3-30,42,51H,1-2H3. The SMILES string of the molecule is CC1(C)c2ccc(C3=CC=CC4c5c(ccc6c5oc5ccccc56)OC34)cc2-c2ccc(-c3c4ccccc4c(-c4ccccc4)c4ccccc34)cc21. The summed E-state index contributed by atoms with van der Waals surface area (Å²) in [5.74, 6) is 0.993. The summed E-state index contributed by atoms with van der Waals surface area (Å²) in [5, 5.41) is 7.40. The Morgan fingerprint density at radius 2 is 1.16 bits per heavy atom. The second-order valence-corrected chi connectivity index (χ2v) is 15.9. The quantitative estimate of drug-likeness (QED) is 0.171. The van der Waals surface area contributed by atoms with E-state index in [1.807, 2.05) is 6.07 Å². The van der Waals surface area contributed by atoms with E-state index >= 15 is 0 Å². The topological polar surface area (TPSA) is 22.4 Å². The van der Waals surface area contributed by atoms with Gasteiger partial charge in [0.25, 0.3) is 0 Å². The fourth-order valence-electron chi connectivity index (χ4n) is 10.1. The van der Waals surface area contributed by atoms with Crippen LogP contribution in [0.1, 0.15) is 42.0 Å². The van der Waals surface area contributed by atoms with E-state index < -0.39 is 0 Å². The van der Waals surface area contributed by atoms with Gasteiger partial charge in [-0.1, -0.05) is 153 Å². The molecule has 2 atom stereocenters. The maximum absolute atomic E-state index is 6.80. The molecule has 2 heteroatoms. The Morgan fingerprint density at radius 1 is 0.509 bits per heavy atom. The third-order valence-corrected chi connectivity index (χ3v) is 12.7. The maximum atomic E-state index is 6.80. The van der Waals surface area contributed by atoms with Crippen LogP contribution >= 0.6 is 0 Å². The van der Waals surface area contributed by atoms with E-state index in [0.29, 0.717) is 0 Å². The summed E-state index contributed by atoms with van der Waals surface area (Å²) in [6.07, 6.45) is 6.60. The molecule has 1 aliphatic heterocycles. The van der Waals surface area contributed by atoms with Gasteiger partial charge in [0.15, 0.2) is 0 Å². The van der Waals surface area contributed by atoms with Crippen molar-refractivity contribution in [1.29, 1.82) is 0 Å². The van der Waals surface area contributed by atoms with E-state index in [1.54, 1.807) is 0 Å². The monoisotopic (exact) mass is 704 g/mol. The maximum Gasteiger partial charge on any atom is 0.143 e. The smallest absolute Gasteiger partial charge is 0.143 e. The van der Waals surface area contributed by atoms with Crippen molar-refractivity contribution in [3.05, 3.63) is 192 Å². The van der Waals surface area contributed by atoms with Crippen LogP contribution in [0.3, 0.4) is 0 Å². The lowest BCUT2D eigenvalue weighted by atomic mass is 9.79. The minimum Gasteiger partial charge on any atom is -0.484 e. The first kappa shape index (κ1) is 30.8. The van der Waals surface area contributed by atoms with E-state index in [9.17, 15) is 0 Å². The normalized spacial score (nSPS) is 17.6. The molecule has 1 aromatic heterocycles. The van der Waals surface area contributed by atoms with Gasteiger partial charge in [0.05, 0.1) is 5.92 Å². The zero-order valence-corrected chi connectivity index (χ0v) is 30.6. The number of hydrogen-bond donors (Lipinski definition) is 0. The predicted molar refractivity (Wildman–Crippen MR) is 228 cm³/mol. The first-order valence-electron chi connectivity index (χ1n) is 19.3. The van der Waals surface area contributed by atoms with E-state index in [0.717, 1.165) is 33.3 Å². The number of furan rings is 1. The minimum atomic E-state index is -0.162. The van der Waals surface area contributed by atoms with Crippen LogP contribution in [-0.2, 0) is 5.41 Å². The highest BCUT2D eigenvalue weighted by Crippen LogP contribution is 2.54. The summed E-state index contributed by atoms with van der Waals surface area (Å²) in [6, 6.07) is 55.5. The van der Waals surface area contributed by atoms with E-state index in [-0.39, 0.29) is 17.4 Å². The van der Waals surface area contributed by atoms with Crippen LogP contribution in [0.4, 0.5) is 0 Å². The van der Waals surface area contributed by atoms with Gasteiger partial charge in [0, 0.05) is 27.3 Å². The Balaban J connectivity index is 0.972. The molecule has 2 heterocycles. The lowest BCUT2D eigenvalue weighted by Gasteiger charge is -2.25. The van der Waals surface area contributed by atoms with Crippen molar-refractivity contribution in [2.24, 2.45) is 0 Å². The van der Waals surface area contributed by atoms with Crippen molar-refractivity contribution in [3.8, 4) is 39.1 Å². The average molecular weight is 705 g/mol. The Hall–Kier alpha value is -6.64. The highest BCUT2D eigenvalue weighted by atomic mass is 16.5. The highest BCUT2D eigenvalue weighted by Gasteiger charge is 2.41. The second kappa shape index (κ2) is 11.2. The summed E-state index contributed by atoms with van der Waals surface area (Å²) >= 11 is 0. The summed E-state index contributed by atoms with van der Waals surface area (Å²) in [5.41, 5.74) is 15.7. The van der Waals surface area contributed by atoms with Crippen LogP contribution in [-0.4, -0.2) is 6.10 Å². The minimum absolute atomic E-state index is 0.0803. The summed E-state index contributed by atoms with van der Waals surface area (Å²) in [6.45, 7) is 4.76. The Labute approximate surface area is 319 Å². The second-order valence-electron chi connectivity index (χ2n) is 15.9. The van der Waals surface area contributed by atoms with Crippen molar-refractivity contribution >= 4 is 49.1 Å². The average Bonchev–Trinajstić information content (AvgIpc) is 3.87. The van der Waals surface area contributed by atoms with Gasteiger partial charge in [0.1, 0.15) is 23.0 Å². The van der Waals surface area contributed by atoms with Gasteiger partial charge in [-0.3, -0.25) is 0 Å². The van der Waals surface area contributed by atoms with Gasteiger partial charge >= 0.3 is 0 Å². The van der Waals surface area contributed by atoms with Crippen LogP contribution in [0.2, 0.25) is 0 Å². The van der Waals surface area contributed by atoms with Gasteiger partial charge in [-0.2, -0.15) is 0 Å². The van der Waals surface area contributed by atoms with Crippen molar-refractivity contribution < 1.29 is 9.15 Å². The third-order valence-electron chi connectivity index (χ3n) is 12.7. The van der Waals surface area contributed by atoms with Crippen molar-refractivity contribution in [1.82, 2.24) is 0 Å². The molecule has 0 radical (unpaired) electrons. The molecule has 8 aromatic carbocycles. The van der Waals surface area contributed by atoms with Crippen LogP contribution in [0, 0.1) is 0 Å². The number of para-hydroxylation sites is 1. The summed E-state index contributed by atoms with van der Waals surface area (Å²) in [7, 11) is 0. The first-order chi connectivity index (χ1) is 27.0. The molecule has 55 heavy (non-hydrogen) atoms. The molecule has 12 rings (SSSR count). The third kappa shape index (κ3) is 4.25. The largest absolute Gasteiger partial charge is 0.484 e. The molecule has 3 aliphatic rings. The van der Waals surface area contributed by atoms with Gasteiger partial charge < -0.3 is 9.15 Å². The fourth-order valence-corrected chi connectivity index (χ4v) is 10.1. The molecule has 0 saturated heterocycles. The molecule has 260 valence electrons. The zero-order chi connectivity index (χ0) is 36.4. The van der Waals surface area contributed by atoms with Crippen LogP contribution in [0.5, 0.6) is 5.75 Å². The molecular formula is C53H36O2. The number of ether oxygens (including phenoxy) is 1. The number of rotatable bonds is 3. The summed E-state index contributed by atoms with van der Waals surface area (Å²) < 4.78 is 13.3. The van der Waals surface area contributed by atoms with Gasteiger partial charge in [-0.05, 0) is 102 Å². The van der Waals surface area contributed by atoms with Gasteiger partial charge in [-0.15, -0.1) is 0 Å². The Kier molecular flexibility index (Phi) is 6.27. The van der Waals surface area contributed by atoms with Crippen molar-refractivity contribution in [3.63, 3.8) is 0 Å². The summed E-state index contributed by atoms with van der Waals surface area (Å²) in [4.78, 5) is 0. The molecule has 0 N–H and O–H groups in total. The Morgan fingerprint density at radius 3 is 1.91 bits per heavy atom. The fraction of sp³-hybridized carbons (Fsp3) is 0.0943. The molecule has 2 nitrogen and oxygen atoms in total. The highest BCUT2D eigenvalue weighted by molar-refractivity contribution is 6.21. The zero-order valence-electron chi connectivity index (χ0n) is 30.6. The lowest BCUT2D eigenvalue weighted by Crippen LogP contribution is -2.21.